The summed E-state index contributed by atoms with van der Waals surface area (Å²) in [6.07, 6.45) is 1.48. The Labute approximate surface area is 188 Å². The highest BCUT2D eigenvalue weighted by molar-refractivity contribution is 6.01. The second-order valence-corrected chi connectivity index (χ2v) is 7.20. The van der Waals surface area contributed by atoms with E-state index in [2.05, 4.69) is 10.5 Å². The molecule has 0 aliphatic rings. The van der Waals surface area contributed by atoms with Crippen molar-refractivity contribution in [3.63, 3.8) is 0 Å². The van der Waals surface area contributed by atoms with Gasteiger partial charge in [-0.2, -0.15) is 5.10 Å². The van der Waals surface area contributed by atoms with Crippen molar-refractivity contribution in [2.24, 2.45) is 5.10 Å². The van der Waals surface area contributed by atoms with E-state index in [1.54, 1.807) is 48.5 Å². The van der Waals surface area contributed by atoms with Gasteiger partial charge in [0, 0.05) is 12.1 Å². The van der Waals surface area contributed by atoms with E-state index < -0.39 is 10.8 Å². The third-order valence-corrected chi connectivity index (χ3v) is 4.92. The molecule has 8 nitrogen and oxygen atoms in total. The topological polar surface area (TPSA) is 114 Å². The van der Waals surface area contributed by atoms with Crippen LogP contribution in [0.1, 0.15) is 21.5 Å². The predicted molar refractivity (Wildman–Crippen MR) is 125 cm³/mol. The molecule has 1 amide bonds. The summed E-state index contributed by atoms with van der Waals surface area (Å²) in [5.41, 5.74) is 4.14. The van der Waals surface area contributed by atoms with Crippen molar-refractivity contribution >= 4 is 28.6 Å². The summed E-state index contributed by atoms with van der Waals surface area (Å²) in [7, 11) is 0. The van der Waals surface area contributed by atoms with Gasteiger partial charge in [0.2, 0.25) is 0 Å². The van der Waals surface area contributed by atoms with Crippen LogP contribution in [0.3, 0.4) is 0 Å². The highest BCUT2D eigenvalue weighted by Crippen LogP contribution is 2.25. The first-order chi connectivity index (χ1) is 16.0. The number of hydrogen-bond acceptors (Lipinski definition) is 6. The number of fused-ring (bicyclic) bond motifs is 1. The molecule has 0 atom stereocenters. The van der Waals surface area contributed by atoms with Crippen molar-refractivity contribution in [2.75, 3.05) is 0 Å². The number of amides is 1. The Balaban J connectivity index is 1.33. The van der Waals surface area contributed by atoms with Crippen molar-refractivity contribution in [3.8, 4) is 11.5 Å². The highest BCUT2D eigenvalue weighted by atomic mass is 16.6. The van der Waals surface area contributed by atoms with Crippen molar-refractivity contribution in [2.45, 2.75) is 6.61 Å². The van der Waals surface area contributed by atoms with E-state index in [1.165, 1.54) is 18.3 Å². The van der Waals surface area contributed by atoms with Gasteiger partial charge in [0.1, 0.15) is 18.1 Å². The van der Waals surface area contributed by atoms with E-state index in [9.17, 15) is 20.0 Å². The Bertz CT molecular complexity index is 1330. The largest absolute Gasteiger partial charge is 0.507 e. The van der Waals surface area contributed by atoms with Crippen molar-refractivity contribution in [1.82, 2.24) is 5.43 Å². The first-order valence-electron chi connectivity index (χ1n) is 10.0. The van der Waals surface area contributed by atoms with E-state index >= 15 is 0 Å². The minimum Gasteiger partial charge on any atom is -0.507 e. The van der Waals surface area contributed by atoms with Crippen LogP contribution in [0.5, 0.6) is 11.5 Å². The maximum absolute atomic E-state index is 12.4. The molecular formula is C25H19N3O5. The number of non-ortho nitro benzene ring substituents is 1. The Morgan fingerprint density at radius 2 is 1.67 bits per heavy atom. The number of carbonyl (C=O) groups excluding carboxylic acids is 1. The van der Waals surface area contributed by atoms with Crippen molar-refractivity contribution < 1.29 is 19.6 Å². The number of nitrogens with one attached hydrogen (secondary N) is 1. The molecule has 0 bridgehead atoms. The summed E-state index contributed by atoms with van der Waals surface area (Å²) in [6, 6.07) is 23.8. The molecule has 0 aromatic heterocycles. The molecular weight excluding hydrogens is 422 g/mol. The molecule has 164 valence electrons. The summed E-state index contributed by atoms with van der Waals surface area (Å²) in [6.45, 7) is 0.275. The summed E-state index contributed by atoms with van der Waals surface area (Å²) < 4.78 is 5.68. The predicted octanol–water partition coefficient (Wildman–Crippen LogP) is 4.80. The number of carbonyl (C=O) groups is 1. The molecule has 0 aliphatic heterocycles. The molecule has 8 heteroatoms. The monoisotopic (exact) mass is 441 g/mol. The number of hydrogen-bond donors (Lipinski definition) is 2. The molecule has 0 aliphatic carbocycles. The number of rotatable bonds is 7. The minimum atomic E-state index is -0.516. The average Bonchev–Trinajstić information content (AvgIpc) is 2.83. The second kappa shape index (κ2) is 9.61. The van der Waals surface area contributed by atoms with E-state index in [4.69, 9.17) is 4.74 Å². The molecule has 4 aromatic carbocycles. The Morgan fingerprint density at radius 1 is 1.00 bits per heavy atom. The molecule has 2 N–H and O–H groups in total. The van der Waals surface area contributed by atoms with Crippen LogP contribution in [0.25, 0.3) is 10.8 Å². The molecule has 0 saturated heterocycles. The molecule has 0 unspecified atom stereocenters. The van der Waals surface area contributed by atoms with Crippen LogP contribution < -0.4 is 10.2 Å². The zero-order valence-corrected chi connectivity index (χ0v) is 17.3. The molecule has 4 aromatic rings. The lowest BCUT2D eigenvalue weighted by Crippen LogP contribution is -2.17. The Hall–Kier alpha value is -4.72. The number of nitro benzene ring substituents is 1. The SMILES string of the molecule is O=C(NN=Cc1ccc(OCc2ccc([N+](=O)[O-])cc2)cc1)c1cc2ccccc2cc1O. The van der Waals surface area contributed by atoms with Gasteiger partial charge in [0.25, 0.3) is 11.6 Å². The number of ether oxygens (including phenoxy) is 1. The van der Waals surface area contributed by atoms with Gasteiger partial charge >= 0.3 is 0 Å². The van der Waals surface area contributed by atoms with Gasteiger partial charge in [-0.1, -0.05) is 24.3 Å². The fourth-order valence-corrected chi connectivity index (χ4v) is 3.17. The van der Waals surface area contributed by atoms with Crippen LogP contribution in [-0.4, -0.2) is 22.2 Å². The van der Waals surface area contributed by atoms with Gasteiger partial charge in [-0.05, 0) is 70.4 Å². The lowest BCUT2D eigenvalue weighted by molar-refractivity contribution is -0.384. The normalized spacial score (nSPS) is 10.9. The van der Waals surface area contributed by atoms with E-state index in [0.717, 1.165) is 21.9 Å². The van der Waals surface area contributed by atoms with Crippen LogP contribution in [-0.2, 0) is 6.61 Å². The Kier molecular flexibility index (Phi) is 6.26. The lowest BCUT2D eigenvalue weighted by Gasteiger charge is -2.07. The first kappa shape index (κ1) is 21.5. The van der Waals surface area contributed by atoms with E-state index in [1.807, 2.05) is 24.3 Å². The van der Waals surface area contributed by atoms with Crippen LogP contribution >= 0.6 is 0 Å². The number of hydrazone groups is 1. The summed E-state index contributed by atoms with van der Waals surface area (Å²) >= 11 is 0. The third kappa shape index (κ3) is 5.31. The van der Waals surface area contributed by atoms with Crippen LogP contribution in [0.2, 0.25) is 0 Å². The average molecular weight is 441 g/mol. The molecule has 0 fully saturated rings. The number of aromatic hydroxyl groups is 1. The number of nitro groups is 1. The van der Waals surface area contributed by atoms with Crippen molar-refractivity contribution in [1.29, 1.82) is 0 Å². The summed E-state index contributed by atoms with van der Waals surface area (Å²) in [5.74, 6) is -0.0101. The third-order valence-electron chi connectivity index (χ3n) is 4.92. The molecule has 0 spiro atoms. The highest BCUT2D eigenvalue weighted by Gasteiger charge is 2.11. The van der Waals surface area contributed by atoms with Gasteiger partial charge in [-0.3, -0.25) is 14.9 Å². The van der Waals surface area contributed by atoms with Gasteiger partial charge in [0.15, 0.2) is 0 Å². The quantitative estimate of drug-likeness (QED) is 0.243. The number of phenolic OH excluding ortho intramolecular Hbond substituents is 1. The number of benzene rings is 4. The fraction of sp³-hybridized carbons (Fsp3) is 0.0400. The van der Waals surface area contributed by atoms with E-state index in [0.29, 0.717) is 5.75 Å². The van der Waals surface area contributed by atoms with Gasteiger partial charge < -0.3 is 9.84 Å². The second-order valence-electron chi connectivity index (χ2n) is 7.20. The Morgan fingerprint density at radius 3 is 2.33 bits per heavy atom. The zero-order valence-electron chi connectivity index (χ0n) is 17.3. The number of phenols is 1. The standard InChI is InChI=1S/C25H19N3O5/c29-24-14-20-4-2-1-3-19(20)13-23(24)25(30)27-26-15-17-7-11-22(12-8-17)33-16-18-5-9-21(10-6-18)28(31)32/h1-15,29H,16H2,(H,27,30). The molecule has 0 radical (unpaired) electrons. The molecule has 0 saturated carbocycles. The van der Waals surface area contributed by atoms with Crippen LogP contribution in [0.4, 0.5) is 5.69 Å². The molecule has 0 heterocycles. The summed E-state index contributed by atoms with van der Waals surface area (Å²) in [4.78, 5) is 22.6. The fourth-order valence-electron chi connectivity index (χ4n) is 3.17. The van der Waals surface area contributed by atoms with Crippen LogP contribution in [0.15, 0.2) is 90.0 Å². The summed E-state index contributed by atoms with van der Waals surface area (Å²) in [5, 5.41) is 26.5. The molecule has 4 rings (SSSR count). The van der Waals surface area contributed by atoms with Crippen molar-refractivity contribution in [3.05, 3.63) is 112 Å². The van der Waals surface area contributed by atoms with Crippen LogP contribution in [0, 0.1) is 10.1 Å². The number of nitrogens with zero attached hydrogens (tertiary/aromatic N) is 2. The maximum Gasteiger partial charge on any atom is 0.275 e. The van der Waals surface area contributed by atoms with E-state index in [-0.39, 0.29) is 23.6 Å². The maximum atomic E-state index is 12.4. The van der Waals surface area contributed by atoms with Gasteiger partial charge in [-0.25, -0.2) is 5.43 Å². The zero-order chi connectivity index (χ0) is 23.2. The first-order valence-corrected chi connectivity index (χ1v) is 10.0. The molecule has 33 heavy (non-hydrogen) atoms. The lowest BCUT2D eigenvalue weighted by atomic mass is 10.1. The van der Waals surface area contributed by atoms with Gasteiger partial charge in [-0.15, -0.1) is 0 Å². The van der Waals surface area contributed by atoms with Gasteiger partial charge in [0.05, 0.1) is 16.7 Å². The smallest absolute Gasteiger partial charge is 0.275 e. The minimum absolute atomic E-state index is 0.0327.